The Morgan fingerprint density at radius 1 is 1.00 bits per heavy atom. The van der Waals surface area contributed by atoms with Gasteiger partial charge in [-0.15, -0.1) is 0 Å². The number of carbonyl (C=O) groups excluding carboxylic acids is 1. The van der Waals surface area contributed by atoms with Gasteiger partial charge in [0.15, 0.2) is 6.04 Å². The van der Waals surface area contributed by atoms with Gasteiger partial charge in [-0.2, -0.15) is 0 Å². The summed E-state index contributed by atoms with van der Waals surface area (Å²) in [5.41, 5.74) is 2.82. The summed E-state index contributed by atoms with van der Waals surface area (Å²) >= 11 is 0. The van der Waals surface area contributed by atoms with Gasteiger partial charge in [0.2, 0.25) is 0 Å². The lowest BCUT2D eigenvalue weighted by Gasteiger charge is -2.34. The molecule has 2 unspecified atom stereocenters. The van der Waals surface area contributed by atoms with E-state index in [2.05, 4.69) is 13.8 Å². The molecule has 1 fully saturated rings. The third-order valence-electron chi connectivity index (χ3n) is 5.07. The molecule has 1 heterocycles. The number of rotatable bonds is 6. The predicted octanol–water partition coefficient (Wildman–Crippen LogP) is 4.66. The SMILES string of the molecule is CCOC(=O)C(N=C(c1ccccc1)c1ccccc1)C1C[C@@H](C)O[C@@H](C)C1. The van der Waals surface area contributed by atoms with E-state index < -0.39 is 6.04 Å². The Balaban J connectivity index is 2.04. The van der Waals surface area contributed by atoms with Crippen molar-refractivity contribution in [3.63, 3.8) is 0 Å². The monoisotopic (exact) mass is 379 g/mol. The zero-order valence-electron chi connectivity index (χ0n) is 16.9. The van der Waals surface area contributed by atoms with Crippen LogP contribution in [0.2, 0.25) is 0 Å². The van der Waals surface area contributed by atoms with E-state index in [1.54, 1.807) is 0 Å². The molecule has 28 heavy (non-hydrogen) atoms. The second-order valence-corrected chi connectivity index (χ2v) is 7.40. The average Bonchev–Trinajstić information content (AvgIpc) is 2.69. The molecule has 4 atom stereocenters. The van der Waals surface area contributed by atoms with Gasteiger partial charge in [-0.25, -0.2) is 4.79 Å². The maximum Gasteiger partial charge on any atom is 0.331 e. The Hall–Kier alpha value is -2.46. The van der Waals surface area contributed by atoms with Crippen LogP contribution in [-0.4, -0.2) is 36.5 Å². The molecule has 0 N–H and O–H groups in total. The van der Waals surface area contributed by atoms with Crippen LogP contribution >= 0.6 is 0 Å². The fraction of sp³-hybridized carbons (Fsp3) is 0.417. The van der Waals surface area contributed by atoms with E-state index in [1.807, 2.05) is 67.6 Å². The Labute approximate surface area is 167 Å². The summed E-state index contributed by atoms with van der Waals surface area (Å²) in [6.45, 7) is 6.31. The second-order valence-electron chi connectivity index (χ2n) is 7.40. The number of hydrogen-bond donors (Lipinski definition) is 0. The highest BCUT2D eigenvalue weighted by Crippen LogP contribution is 2.30. The number of hydrogen-bond acceptors (Lipinski definition) is 4. The highest BCUT2D eigenvalue weighted by atomic mass is 16.5. The summed E-state index contributed by atoms with van der Waals surface area (Å²) in [6.07, 6.45) is 1.82. The lowest BCUT2D eigenvalue weighted by molar-refractivity contribution is -0.148. The van der Waals surface area contributed by atoms with E-state index in [9.17, 15) is 4.79 Å². The summed E-state index contributed by atoms with van der Waals surface area (Å²) in [5.74, 6) is -0.154. The van der Waals surface area contributed by atoms with Crippen LogP contribution in [-0.2, 0) is 14.3 Å². The smallest absolute Gasteiger partial charge is 0.331 e. The van der Waals surface area contributed by atoms with Crippen molar-refractivity contribution in [3.05, 3.63) is 71.8 Å². The number of benzene rings is 2. The van der Waals surface area contributed by atoms with E-state index in [0.717, 1.165) is 29.7 Å². The summed E-state index contributed by atoms with van der Waals surface area (Å²) in [4.78, 5) is 17.9. The van der Waals surface area contributed by atoms with Crippen LogP contribution in [0.3, 0.4) is 0 Å². The van der Waals surface area contributed by atoms with Gasteiger partial charge in [0, 0.05) is 11.1 Å². The highest BCUT2D eigenvalue weighted by Gasteiger charge is 2.36. The normalized spacial score (nSPS) is 22.9. The van der Waals surface area contributed by atoms with Gasteiger partial charge >= 0.3 is 5.97 Å². The maximum atomic E-state index is 12.9. The van der Waals surface area contributed by atoms with Crippen molar-refractivity contribution >= 4 is 11.7 Å². The first-order chi connectivity index (χ1) is 13.6. The Morgan fingerprint density at radius 2 is 1.50 bits per heavy atom. The number of esters is 1. The number of carbonyl (C=O) groups is 1. The third-order valence-corrected chi connectivity index (χ3v) is 5.07. The van der Waals surface area contributed by atoms with Crippen molar-refractivity contribution in [1.82, 2.24) is 0 Å². The molecule has 0 saturated carbocycles. The van der Waals surface area contributed by atoms with Gasteiger partial charge in [0.05, 0.1) is 24.5 Å². The molecule has 0 spiro atoms. The molecular weight excluding hydrogens is 350 g/mol. The van der Waals surface area contributed by atoms with Crippen molar-refractivity contribution in [2.24, 2.45) is 10.9 Å². The topological polar surface area (TPSA) is 47.9 Å². The van der Waals surface area contributed by atoms with Crippen molar-refractivity contribution in [1.29, 1.82) is 0 Å². The maximum absolute atomic E-state index is 12.9. The Kier molecular flexibility index (Phi) is 6.99. The molecule has 4 nitrogen and oxygen atoms in total. The van der Waals surface area contributed by atoms with Gasteiger partial charge in [-0.3, -0.25) is 4.99 Å². The first kappa shape index (κ1) is 20.3. The van der Waals surface area contributed by atoms with Gasteiger partial charge < -0.3 is 9.47 Å². The van der Waals surface area contributed by atoms with E-state index in [4.69, 9.17) is 14.5 Å². The summed E-state index contributed by atoms with van der Waals surface area (Å²) in [5, 5.41) is 0. The molecule has 0 bridgehead atoms. The molecule has 1 aliphatic rings. The number of aliphatic imine (C=N–C) groups is 1. The molecule has 3 rings (SSSR count). The Bertz CT molecular complexity index is 737. The van der Waals surface area contributed by atoms with Gasteiger partial charge in [0.1, 0.15) is 0 Å². The van der Waals surface area contributed by atoms with Gasteiger partial charge in [0.25, 0.3) is 0 Å². The van der Waals surface area contributed by atoms with Crippen LogP contribution in [0.15, 0.2) is 65.7 Å². The van der Waals surface area contributed by atoms with E-state index >= 15 is 0 Å². The number of nitrogens with zero attached hydrogens (tertiary/aromatic N) is 1. The molecule has 0 aromatic heterocycles. The predicted molar refractivity (Wildman–Crippen MR) is 112 cm³/mol. The summed E-state index contributed by atoms with van der Waals surface area (Å²) in [6, 6.07) is 19.5. The van der Waals surface area contributed by atoms with Gasteiger partial charge in [-0.1, -0.05) is 60.7 Å². The zero-order valence-corrected chi connectivity index (χ0v) is 16.9. The third kappa shape index (κ3) is 5.08. The molecule has 2 aromatic rings. The minimum atomic E-state index is -0.538. The fourth-order valence-electron chi connectivity index (χ4n) is 3.94. The quantitative estimate of drug-likeness (QED) is 0.542. The molecule has 0 radical (unpaired) electrons. The van der Waals surface area contributed by atoms with E-state index in [0.29, 0.717) is 6.61 Å². The molecule has 0 aliphatic carbocycles. The lowest BCUT2D eigenvalue weighted by Crippen LogP contribution is -2.39. The van der Waals surface area contributed by atoms with Gasteiger partial charge in [-0.05, 0) is 39.5 Å². The van der Waals surface area contributed by atoms with Crippen LogP contribution in [0.5, 0.6) is 0 Å². The van der Waals surface area contributed by atoms with Crippen molar-refractivity contribution < 1.29 is 14.3 Å². The zero-order chi connectivity index (χ0) is 19.9. The van der Waals surface area contributed by atoms with Crippen LogP contribution in [0.1, 0.15) is 44.7 Å². The molecule has 148 valence electrons. The Morgan fingerprint density at radius 3 is 1.96 bits per heavy atom. The second kappa shape index (κ2) is 9.65. The van der Waals surface area contributed by atoms with Crippen molar-refractivity contribution in [2.75, 3.05) is 6.61 Å². The first-order valence-electron chi connectivity index (χ1n) is 10.1. The van der Waals surface area contributed by atoms with E-state index in [-0.39, 0.29) is 24.1 Å². The van der Waals surface area contributed by atoms with Crippen molar-refractivity contribution in [2.45, 2.75) is 51.9 Å². The minimum absolute atomic E-state index is 0.0974. The molecule has 4 heteroatoms. The van der Waals surface area contributed by atoms with Crippen LogP contribution < -0.4 is 0 Å². The fourth-order valence-corrected chi connectivity index (χ4v) is 3.94. The summed E-state index contributed by atoms with van der Waals surface area (Å²) < 4.78 is 11.3. The first-order valence-corrected chi connectivity index (χ1v) is 10.1. The lowest BCUT2D eigenvalue weighted by atomic mass is 9.86. The minimum Gasteiger partial charge on any atom is -0.464 e. The summed E-state index contributed by atoms with van der Waals surface area (Å²) in [7, 11) is 0. The standard InChI is InChI=1S/C24H29NO3/c1-4-27-24(26)23(21-15-17(2)28-18(3)16-21)25-22(19-11-7-5-8-12-19)20-13-9-6-10-14-20/h5-14,17-18,21,23H,4,15-16H2,1-3H3/t17-,18+,21?,23?. The molecule has 0 amide bonds. The average molecular weight is 380 g/mol. The highest BCUT2D eigenvalue weighted by molar-refractivity contribution is 6.13. The molecule has 2 aromatic carbocycles. The van der Waals surface area contributed by atoms with Crippen LogP contribution in [0.25, 0.3) is 0 Å². The molecule has 1 aliphatic heterocycles. The van der Waals surface area contributed by atoms with Crippen LogP contribution in [0.4, 0.5) is 0 Å². The molecule has 1 saturated heterocycles. The molecular formula is C24H29NO3. The van der Waals surface area contributed by atoms with Crippen molar-refractivity contribution in [3.8, 4) is 0 Å². The van der Waals surface area contributed by atoms with E-state index in [1.165, 1.54) is 0 Å². The van der Waals surface area contributed by atoms with Crippen LogP contribution in [0, 0.1) is 5.92 Å². The number of ether oxygens (including phenoxy) is 2. The largest absolute Gasteiger partial charge is 0.464 e.